The maximum atomic E-state index is 12.1. The first-order valence-electron chi connectivity index (χ1n) is 5.51. The molecule has 1 atom stereocenters. The van der Waals surface area contributed by atoms with Gasteiger partial charge in [-0.15, -0.1) is 0 Å². The Balaban J connectivity index is 2.24. The third kappa shape index (κ3) is 2.84. The predicted molar refractivity (Wildman–Crippen MR) is 63.9 cm³/mol. The van der Waals surface area contributed by atoms with Gasteiger partial charge < -0.3 is 10.5 Å². The third-order valence-electron chi connectivity index (χ3n) is 2.73. The molecule has 2 rings (SSSR count). The van der Waals surface area contributed by atoms with Gasteiger partial charge in [-0.05, 0) is 18.1 Å². The number of ether oxygens (including phenoxy) is 1. The maximum absolute atomic E-state index is 12.1. The number of nitrogens with one attached hydrogen (secondary N) is 1. The van der Waals surface area contributed by atoms with Crippen LogP contribution in [0.4, 0.5) is 0 Å². The molecule has 1 aromatic carbocycles. The second-order valence-electron chi connectivity index (χ2n) is 3.99. The van der Waals surface area contributed by atoms with Gasteiger partial charge in [0.2, 0.25) is 10.0 Å². The second-order valence-corrected chi connectivity index (χ2v) is 5.68. The Hall–Kier alpha value is -0.950. The van der Waals surface area contributed by atoms with Crippen LogP contribution in [0.1, 0.15) is 12.0 Å². The lowest BCUT2D eigenvalue weighted by Gasteiger charge is -2.13. The quantitative estimate of drug-likeness (QED) is 0.807. The van der Waals surface area contributed by atoms with Crippen LogP contribution < -0.4 is 10.5 Å². The van der Waals surface area contributed by atoms with Crippen LogP contribution in [0, 0.1) is 0 Å². The highest BCUT2D eigenvalue weighted by atomic mass is 32.2. The van der Waals surface area contributed by atoms with Crippen molar-refractivity contribution in [1.82, 2.24) is 4.72 Å². The first kappa shape index (κ1) is 12.5. The van der Waals surface area contributed by atoms with Crippen molar-refractivity contribution in [3.05, 3.63) is 29.8 Å². The van der Waals surface area contributed by atoms with Crippen molar-refractivity contribution in [2.45, 2.75) is 23.9 Å². The summed E-state index contributed by atoms with van der Waals surface area (Å²) < 4.78 is 32.1. The molecule has 0 spiro atoms. The van der Waals surface area contributed by atoms with Gasteiger partial charge in [-0.3, -0.25) is 0 Å². The minimum atomic E-state index is -3.50. The van der Waals surface area contributed by atoms with Crippen molar-refractivity contribution in [3.63, 3.8) is 0 Å². The fourth-order valence-corrected chi connectivity index (χ4v) is 3.35. The average Bonchev–Trinajstić information content (AvgIpc) is 2.81. The van der Waals surface area contributed by atoms with E-state index >= 15 is 0 Å². The largest absolute Gasteiger partial charge is 0.380 e. The number of rotatable bonds is 4. The summed E-state index contributed by atoms with van der Waals surface area (Å²) in [5.41, 5.74) is 6.16. The molecule has 6 heteroatoms. The van der Waals surface area contributed by atoms with E-state index in [9.17, 15) is 8.42 Å². The van der Waals surface area contributed by atoms with Gasteiger partial charge in [0, 0.05) is 19.2 Å². The molecule has 1 heterocycles. The zero-order chi connectivity index (χ0) is 12.3. The summed E-state index contributed by atoms with van der Waals surface area (Å²) in [7, 11) is -3.50. The number of hydrogen-bond acceptors (Lipinski definition) is 4. The lowest BCUT2D eigenvalue weighted by atomic mass is 10.2. The zero-order valence-corrected chi connectivity index (χ0v) is 10.2. The summed E-state index contributed by atoms with van der Waals surface area (Å²) in [6, 6.07) is 6.63. The van der Waals surface area contributed by atoms with Crippen LogP contribution in [0.3, 0.4) is 0 Å². The molecule has 0 bridgehead atoms. The van der Waals surface area contributed by atoms with Crippen molar-refractivity contribution in [1.29, 1.82) is 0 Å². The van der Waals surface area contributed by atoms with Crippen LogP contribution in [0.5, 0.6) is 0 Å². The molecule has 3 N–H and O–H groups in total. The van der Waals surface area contributed by atoms with E-state index in [4.69, 9.17) is 10.5 Å². The van der Waals surface area contributed by atoms with E-state index in [1.54, 1.807) is 24.3 Å². The molecule has 1 saturated heterocycles. The van der Waals surface area contributed by atoms with Crippen molar-refractivity contribution in [2.24, 2.45) is 5.73 Å². The van der Waals surface area contributed by atoms with Gasteiger partial charge in [-0.2, -0.15) is 0 Å². The average molecular weight is 256 g/mol. The van der Waals surface area contributed by atoms with E-state index in [1.807, 2.05) is 0 Å². The Bertz CT molecular complexity index is 481. The van der Waals surface area contributed by atoms with Crippen LogP contribution in [0.25, 0.3) is 0 Å². The van der Waals surface area contributed by atoms with E-state index in [0.29, 0.717) is 25.2 Å². The van der Waals surface area contributed by atoms with Gasteiger partial charge in [-0.1, -0.05) is 18.2 Å². The Kier molecular flexibility index (Phi) is 3.78. The lowest BCUT2D eigenvalue weighted by Crippen LogP contribution is -2.35. The van der Waals surface area contributed by atoms with E-state index in [2.05, 4.69) is 4.72 Å². The molecule has 0 saturated carbocycles. The van der Waals surface area contributed by atoms with Crippen LogP contribution in [0.2, 0.25) is 0 Å². The van der Waals surface area contributed by atoms with Gasteiger partial charge in [0.15, 0.2) is 0 Å². The van der Waals surface area contributed by atoms with Crippen molar-refractivity contribution in [2.75, 3.05) is 13.2 Å². The van der Waals surface area contributed by atoms with E-state index in [1.165, 1.54) is 0 Å². The van der Waals surface area contributed by atoms with Crippen LogP contribution in [-0.2, 0) is 21.3 Å². The first-order chi connectivity index (χ1) is 8.13. The monoisotopic (exact) mass is 256 g/mol. The summed E-state index contributed by atoms with van der Waals surface area (Å²) in [6.45, 7) is 1.24. The zero-order valence-electron chi connectivity index (χ0n) is 9.43. The Labute approximate surface area is 101 Å². The summed E-state index contributed by atoms with van der Waals surface area (Å²) in [6.07, 6.45) is 0.712. The smallest absolute Gasteiger partial charge is 0.241 e. The molecule has 1 unspecified atom stereocenters. The summed E-state index contributed by atoms with van der Waals surface area (Å²) >= 11 is 0. The van der Waals surface area contributed by atoms with E-state index < -0.39 is 10.0 Å². The van der Waals surface area contributed by atoms with E-state index in [-0.39, 0.29) is 17.5 Å². The van der Waals surface area contributed by atoms with Gasteiger partial charge in [0.05, 0.1) is 11.5 Å². The second kappa shape index (κ2) is 5.14. The normalized spacial score (nSPS) is 20.6. The number of benzene rings is 1. The first-order valence-corrected chi connectivity index (χ1v) is 7.00. The van der Waals surface area contributed by atoms with Gasteiger partial charge in [0.25, 0.3) is 0 Å². The highest BCUT2D eigenvalue weighted by Gasteiger charge is 2.24. The summed E-state index contributed by atoms with van der Waals surface area (Å²) in [5, 5.41) is 0. The van der Waals surface area contributed by atoms with Gasteiger partial charge in [0.1, 0.15) is 0 Å². The fourth-order valence-electron chi connectivity index (χ4n) is 1.84. The summed E-state index contributed by atoms with van der Waals surface area (Å²) in [5.74, 6) is 0. The molecule has 17 heavy (non-hydrogen) atoms. The molecule has 0 aliphatic carbocycles. The maximum Gasteiger partial charge on any atom is 0.241 e. The SMILES string of the molecule is NCc1ccccc1S(=O)(=O)NC1CCOC1. The van der Waals surface area contributed by atoms with Gasteiger partial charge >= 0.3 is 0 Å². The Morgan fingerprint density at radius 2 is 2.18 bits per heavy atom. The van der Waals surface area contributed by atoms with Crippen molar-refractivity contribution in [3.8, 4) is 0 Å². The molecule has 1 fully saturated rings. The minimum Gasteiger partial charge on any atom is -0.380 e. The molecule has 1 aliphatic heterocycles. The van der Waals surface area contributed by atoms with E-state index in [0.717, 1.165) is 0 Å². The van der Waals surface area contributed by atoms with Crippen LogP contribution in [0.15, 0.2) is 29.2 Å². The predicted octanol–water partition coefficient (Wildman–Crippen LogP) is 0.212. The molecule has 0 aromatic heterocycles. The molecule has 1 aromatic rings. The molecule has 0 radical (unpaired) electrons. The number of nitrogens with two attached hydrogens (primary N) is 1. The molecular weight excluding hydrogens is 240 g/mol. The highest BCUT2D eigenvalue weighted by Crippen LogP contribution is 2.16. The molecular formula is C11H16N2O3S. The van der Waals surface area contributed by atoms with Crippen LogP contribution in [-0.4, -0.2) is 27.7 Å². The van der Waals surface area contributed by atoms with Crippen molar-refractivity contribution >= 4 is 10.0 Å². The molecule has 1 aliphatic rings. The standard InChI is InChI=1S/C11H16N2O3S/c12-7-9-3-1-2-4-11(9)17(14,15)13-10-5-6-16-8-10/h1-4,10,13H,5-8,12H2. The molecule has 0 amide bonds. The summed E-state index contributed by atoms with van der Waals surface area (Å²) in [4.78, 5) is 0.259. The molecule has 5 nitrogen and oxygen atoms in total. The molecule has 94 valence electrons. The topological polar surface area (TPSA) is 81.4 Å². The number of sulfonamides is 1. The Morgan fingerprint density at radius 3 is 2.82 bits per heavy atom. The minimum absolute atomic E-state index is 0.133. The van der Waals surface area contributed by atoms with Crippen molar-refractivity contribution < 1.29 is 13.2 Å². The third-order valence-corrected chi connectivity index (χ3v) is 4.35. The highest BCUT2D eigenvalue weighted by molar-refractivity contribution is 7.89. The fraction of sp³-hybridized carbons (Fsp3) is 0.455. The Morgan fingerprint density at radius 1 is 1.41 bits per heavy atom. The van der Waals surface area contributed by atoms with Crippen LogP contribution >= 0.6 is 0 Å². The lowest BCUT2D eigenvalue weighted by molar-refractivity contribution is 0.192. The van der Waals surface area contributed by atoms with Gasteiger partial charge in [-0.25, -0.2) is 13.1 Å². The number of hydrogen-bond donors (Lipinski definition) is 2.